The van der Waals surface area contributed by atoms with Gasteiger partial charge in [0, 0.05) is 12.5 Å². The highest BCUT2D eigenvalue weighted by molar-refractivity contribution is 5.67. The molecular formula is C10H11ClF3NO2. The summed E-state index contributed by atoms with van der Waals surface area (Å²) in [6.07, 6.45) is -0.298. The van der Waals surface area contributed by atoms with Crippen LogP contribution in [0.1, 0.15) is 12.0 Å². The molecule has 0 amide bonds. The lowest BCUT2D eigenvalue weighted by Gasteiger charge is -2.07. The number of hydrogen-bond acceptors (Lipinski definition) is 1. The van der Waals surface area contributed by atoms with Gasteiger partial charge >= 0.3 is 5.97 Å². The van der Waals surface area contributed by atoms with E-state index in [0.717, 1.165) is 6.07 Å². The summed E-state index contributed by atoms with van der Waals surface area (Å²) in [5.74, 6) is -4.38. The van der Waals surface area contributed by atoms with Crippen molar-refractivity contribution in [1.82, 2.24) is 0 Å². The number of benzene rings is 1. The van der Waals surface area contributed by atoms with Gasteiger partial charge in [-0.2, -0.15) is 0 Å². The zero-order valence-corrected chi connectivity index (χ0v) is 9.48. The lowest BCUT2D eigenvalue weighted by molar-refractivity contribution is -0.418. The molecule has 96 valence electrons. The fourth-order valence-electron chi connectivity index (χ4n) is 1.35. The molecule has 3 nitrogen and oxygen atoms in total. The van der Waals surface area contributed by atoms with Gasteiger partial charge in [0.15, 0.2) is 11.6 Å². The van der Waals surface area contributed by atoms with E-state index in [0.29, 0.717) is 6.07 Å². The Kier molecular flexibility index (Phi) is 5.98. The third-order valence-corrected chi connectivity index (χ3v) is 2.06. The van der Waals surface area contributed by atoms with Crippen LogP contribution in [-0.4, -0.2) is 17.1 Å². The molecule has 0 bridgehead atoms. The molecule has 0 heterocycles. The van der Waals surface area contributed by atoms with Crippen molar-refractivity contribution in [2.75, 3.05) is 0 Å². The van der Waals surface area contributed by atoms with Crippen LogP contribution in [0.25, 0.3) is 0 Å². The van der Waals surface area contributed by atoms with Gasteiger partial charge in [-0.3, -0.25) is 4.79 Å². The Morgan fingerprint density at radius 2 is 1.76 bits per heavy atom. The van der Waals surface area contributed by atoms with Crippen LogP contribution in [0.15, 0.2) is 12.1 Å². The Balaban J connectivity index is 0.00000256. The van der Waals surface area contributed by atoms with E-state index in [1.54, 1.807) is 0 Å². The highest BCUT2D eigenvalue weighted by Crippen LogP contribution is 2.15. The van der Waals surface area contributed by atoms with Crippen LogP contribution in [0.3, 0.4) is 0 Å². The molecule has 0 saturated heterocycles. The van der Waals surface area contributed by atoms with Crippen molar-refractivity contribution >= 4 is 5.97 Å². The van der Waals surface area contributed by atoms with Gasteiger partial charge in [0.05, 0.1) is 12.5 Å². The number of hydrogen-bond donors (Lipinski definition) is 2. The van der Waals surface area contributed by atoms with Crippen LogP contribution in [0, 0.1) is 17.5 Å². The summed E-state index contributed by atoms with van der Waals surface area (Å²) in [5.41, 5.74) is 3.43. The number of halogens is 4. The van der Waals surface area contributed by atoms with Crippen LogP contribution < -0.4 is 18.1 Å². The van der Waals surface area contributed by atoms with Crippen molar-refractivity contribution in [3.8, 4) is 0 Å². The second-order valence-electron chi connectivity index (χ2n) is 3.53. The molecule has 0 aliphatic heterocycles. The third kappa shape index (κ3) is 4.62. The summed E-state index contributed by atoms with van der Waals surface area (Å²) in [6.45, 7) is 0. The molecule has 1 aromatic rings. The first-order chi connectivity index (χ1) is 7.40. The normalized spacial score (nSPS) is 11.8. The second-order valence-corrected chi connectivity index (χ2v) is 3.53. The van der Waals surface area contributed by atoms with E-state index in [-0.39, 0.29) is 30.8 Å². The molecular weight excluding hydrogens is 259 g/mol. The van der Waals surface area contributed by atoms with Crippen molar-refractivity contribution in [2.24, 2.45) is 0 Å². The molecule has 4 N–H and O–H groups in total. The number of quaternary nitrogens is 1. The monoisotopic (exact) mass is 269 g/mol. The maximum absolute atomic E-state index is 13.1. The number of aliphatic carboxylic acids is 1. The molecule has 0 fully saturated rings. The molecule has 0 aliphatic carbocycles. The van der Waals surface area contributed by atoms with Gasteiger partial charge in [0.1, 0.15) is 5.82 Å². The largest absolute Gasteiger partial charge is 1.00 e. The first-order valence-electron chi connectivity index (χ1n) is 4.58. The number of carboxylic acid groups (broad SMARTS) is 1. The van der Waals surface area contributed by atoms with E-state index in [4.69, 9.17) is 5.11 Å². The van der Waals surface area contributed by atoms with Crippen LogP contribution in [0.4, 0.5) is 13.2 Å². The van der Waals surface area contributed by atoms with E-state index >= 15 is 0 Å². The fraction of sp³-hybridized carbons (Fsp3) is 0.300. The maximum Gasteiger partial charge on any atom is 0.309 e. The second kappa shape index (κ2) is 6.46. The lowest BCUT2D eigenvalue weighted by Crippen LogP contribution is -3.00. The molecule has 0 radical (unpaired) electrons. The fourth-order valence-corrected chi connectivity index (χ4v) is 1.35. The smallest absolute Gasteiger partial charge is 0.309 e. The Labute approximate surface area is 102 Å². The SMILES string of the molecule is [Cl-].[NH3+]C(CC(=O)O)Cc1cc(F)c(F)cc1F. The molecule has 1 rings (SSSR count). The molecule has 1 aromatic carbocycles. The summed E-state index contributed by atoms with van der Waals surface area (Å²) >= 11 is 0. The molecule has 1 atom stereocenters. The zero-order valence-electron chi connectivity index (χ0n) is 8.72. The van der Waals surface area contributed by atoms with Crippen molar-refractivity contribution in [1.29, 1.82) is 0 Å². The standard InChI is InChI=1S/C10H10F3NO2.ClH/c11-7-4-9(13)8(12)2-5(7)1-6(14)3-10(15)16;/h2,4,6H,1,3,14H2,(H,15,16);1H. The van der Waals surface area contributed by atoms with Crippen LogP contribution >= 0.6 is 0 Å². The van der Waals surface area contributed by atoms with Crippen molar-refractivity contribution in [2.45, 2.75) is 18.9 Å². The van der Waals surface area contributed by atoms with E-state index in [1.807, 2.05) is 0 Å². The predicted molar refractivity (Wildman–Crippen MR) is 48.9 cm³/mol. The highest BCUT2D eigenvalue weighted by Gasteiger charge is 2.17. The maximum atomic E-state index is 13.1. The first kappa shape index (κ1) is 15.7. The molecule has 0 saturated carbocycles. The van der Waals surface area contributed by atoms with E-state index in [1.165, 1.54) is 0 Å². The van der Waals surface area contributed by atoms with Gasteiger partial charge in [0.2, 0.25) is 0 Å². The molecule has 17 heavy (non-hydrogen) atoms. The van der Waals surface area contributed by atoms with Crippen LogP contribution in [0.5, 0.6) is 0 Å². The summed E-state index contributed by atoms with van der Waals surface area (Å²) in [6, 6.07) is 0.583. The summed E-state index contributed by atoms with van der Waals surface area (Å²) < 4.78 is 38.5. The third-order valence-electron chi connectivity index (χ3n) is 2.06. The van der Waals surface area contributed by atoms with Gasteiger partial charge in [-0.05, 0) is 11.6 Å². The van der Waals surface area contributed by atoms with Gasteiger partial charge in [-0.25, -0.2) is 13.2 Å². The highest BCUT2D eigenvalue weighted by atomic mass is 35.5. The van der Waals surface area contributed by atoms with Crippen molar-refractivity contribution in [3.05, 3.63) is 35.1 Å². The Bertz CT molecular complexity index is 415. The van der Waals surface area contributed by atoms with Crippen LogP contribution in [0.2, 0.25) is 0 Å². The lowest BCUT2D eigenvalue weighted by atomic mass is 10.0. The molecule has 7 heteroatoms. The first-order valence-corrected chi connectivity index (χ1v) is 4.58. The average Bonchev–Trinajstić information content (AvgIpc) is 2.12. The zero-order chi connectivity index (χ0) is 12.3. The molecule has 0 aliphatic rings. The van der Waals surface area contributed by atoms with Crippen LogP contribution in [-0.2, 0) is 11.2 Å². The Hall–Kier alpha value is -1.27. The topological polar surface area (TPSA) is 64.9 Å². The van der Waals surface area contributed by atoms with E-state index in [2.05, 4.69) is 5.73 Å². The number of rotatable bonds is 4. The van der Waals surface area contributed by atoms with Gasteiger partial charge in [-0.1, -0.05) is 0 Å². The quantitative estimate of drug-likeness (QED) is 0.606. The van der Waals surface area contributed by atoms with Crippen molar-refractivity contribution in [3.63, 3.8) is 0 Å². The minimum Gasteiger partial charge on any atom is -1.00 e. The molecule has 0 aromatic heterocycles. The summed E-state index contributed by atoms with van der Waals surface area (Å²) in [7, 11) is 0. The average molecular weight is 270 g/mol. The Morgan fingerprint density at radius 3 is 2.29 bits per heavy atom. The minimum absolute atomic E-state index is 0. The van der Waals surface area contributed by atoms with Gasteiger partial charge in [0.25, 0.3) is 0 Å². The Morgan fingerprint density at radius 1 is 1.24 bits per heavy atom. The molecule has 0 spiro atoms. The van der Waals surface area contributed by atoms with E-state index < -0.39 is 29.5 Å². The summed E-state index contributed by atoms with van der Waals surface area (Å²) in [5, 5.41) is 8.46. The minimum atomic E-state index is -1.26. The van der Waals surface area contributed by atoms with Gasteiger partial charge < -0.3 is 23.2 Å². The summed E-state index contributed by atoms with van der Waals surface area (Å²) in [4.78, 5) is 10.3. The predicted octanol–water partition coefficient (Wildman–Crippen LogP) is -2.26. The van der Waals surface area contributed by atoms with Gasteiger partial charge in [-0.15, -0.1) is 0 Å². The van der Waals surface area contributed by atoms with E-state index in [9.17, 15) is 18.0 Å². The van der Waals surface area contributed by atoms with Crippen molar-refractivity contribution < 1.29 is 41.2 Å². The number of carbonyl (C=O) groups is 1. The number of carboxylic acids is 1. The molecule has 1 unspecified atom stereocenters.